The van der Waals surface area contributed by atoms with E-state index in [0.717, 1.165) is 42.0 Å². The SMILES string of the molecule is Clc1ccc(OC2CCCN(c3ncnc4sccc34)C2)nc1. The number of halogens is 1. The van der Waals surface area contributed by atoms with Crippen LogP contribution in [0, 0.1) is 0 Å². The van der Waals surface area contributed by atoms with Crippen LogP contribution < -0.4 is 9.64 Å². The summed E-state index contributed by atoms with van der Waals surface area (Å²) in [6, 6.07) is 5.69. The Kier molecular flexibility index (Phi) is 4.01. The molecule has 1 atom stereocenters. The molecule has 1 fully saturated rings. The van der Waals surface area contributed by atoms with Gasteiger partial charge in [-0.2, -0.15) is 0 Å². The number of pyridine rings is 1. The zero-order valence-electron chi connectivity index (χ0n) is 12.4. The molecule has 0 N–H and O–H groups in total. The predicted molar refractivity (Wildman–Crippen MR) is 92.5 cm³/mol. The third kappa shape index (κ3) is 3.09. The van der Waals surface area contributed by atoms with Gasteiger partial charge in [0.05, 0.1) is 17.0 Å². The summed E-state index contributed by atoms with van der Waals surface area (Å²) in [5.41, 5.74) is 0. The standard InChI is InChI=1S/C16H15ClN4OS/c17-11-3-4-14(18-8-11)22-12-2-1-6-21(9-12)15-13-5-7-23-16(13)20-10-19-15/h3-5,7-8,10,12H,1-2,6,9H2. The number of anilines is 1. The fourth-order valence-corrected chi connectivity index (χ4v) is 3.70. The van der Waals surface area contributed by atoms with Crippen molar-refractivity contribution in [2.24, 2.45) is 0 Å². The Morgan fingerprint density at radius 2 is 2.17 bits per heavy atom. The van der Waals surface area contributed by atoms with Gasteiger partial charge in [-0.3, -0.25) is 0 Å². The molecule has 5 nitrogen and oxygen atoms in total. The molecule has 7 heteroatoms. The Bertz CT molecular complexity index is 807. The summed E-state index contributed by atoms with van der Waals surface area (Å²) in [6.07, 6.45) is 5.42. The van der Waals surface area contributed by atoms with Crippen LogP contribution >= 0.6 is 22.9 Å². The number of hydrogen-bond donors (Lipinski definition) is 0. The van der Waals surface area contributed by atoms with E-state index in [4.69, 9.17) is 16.3 Å². The summed E-state index contributed by atoms with van der Waals surface area (Å²) in [4.78, 5) is 16.3. The maximum Gasteiger partial charge on any atom is 0.213 e. The van der Waals surface area contributed by atoms with E-state index in [2.05, 4.69) is 31.3 Å². The molecule has 0 aliphatic carbocycles. The second-order valence-corrected chi connectivity index (χ2v) is 6.81. The van der Waals surface area contributed by atoms with Crippen LogP contribution in [0.15, 0.2) is 36.1 Å². The van der Waals surface area contributed by atoms with Crippen molar-refractivity contribution in [3.63, 3.8) is 0 Å². The van der Waals surface area contributed by atoms with Gasteiger partial charge in [0.2, 0.25) is 5.88 Å². The molecule has 1 aliphatic rings. The number of aromatic nitrogens is 3. The summed E-state index contributed by atoms with van der Waals surface area (Å²) < 4.78 is 6.00. The molecule has 0 aromatic carbocycles. The molecule has 1 unspecified atom stereocenters. The van der Waals surface area contributed by atoms with Crippen molar-refractivity contribution in [2.75, 3.05) is 18.0 Å². The lowest BCUT2D eigenvalue weighted by Crippen LogP contribution is -2.41. The highest BCUT2D eigenvalue weighted by Gasteiger charge is 2.24. The molecule has 0 radical (unpaired) electrons. The Morgan fingerprint density at radius 1 is 1.22 bits per heavy atom. The topological polar surface area (TPSA) is 51.1 Å². The highest BCUT2D eigenvalue weighted by atomic mass is 35.5. The lowest BCUT2D eigenvalue weighted by Gasteiger charge is -2.33. The molecule has 1 aliphatic heterocycles. The molecule has 118 valence electrons. The molecule has 23 heavy (non-hydrogen) atoms. The van der Waals surface area contributed by atoms with Gasteiger partial charge in [0, 0.05) is 18.8 Å². The monoisotopic (exact) mass is 346 g/mol. The summed E-state index contributed by atoms with van der Waals surface area (Å²) in [5.74, 6) is 1.61. The van der Waals surface area contributed by atoms with Crippen molar-refractivity contribution in [2.45, 2.75) is 18.9 Å². The van der Waals surface area contributed by atoms with Gasteiger partial charge < -0.3 is 9.64 Å². The number of rotatable bonds is 3. The Hall–Kier alpha value is -1.92. The Labute approximate surface area is 142 Å². The van der Waals surface area contributed by atoms with Crippen molar-refractivity contribution in [3.05, 3.63) is 41.1 Å². The minimum atomic E-state index is 0.0982. The van der Waals surface area contributed by atoms with Crippen LogP contribution in [0.3, 0.4) is 0 Å². The summed E-state index contributed by atoms with van der Waals surface area (Å²) in [7, 11) is 0. The van der Waals surface area contributed by atoms with Crippen molar-refractivity contribution in [1.82, 2.24) is 15.0 Å². The second kappa shape index (κ2) is 6.29. The van der Waals surface area contributed by atoms with Gasteiger partial charge >= 0.3 is 0 Å². The highest BCUT2D eigenvalue weighted by Crippen LogP contribution is 2.29. The third-order valence-corrected chi connectivity index (χ3v) is 4.95. The lowest BCUT2D eigenvalue weighted by atomic mass is 10.1. The van der Waals surface area contributed by atoms with Gasteiger partial charge in [-0.1, -0.05) is 11.6 Å². The molecule has 0 spiro atoms. The van der Waals surface area contributed by atoms with Crippen molar-refractivity contribution in [3.8, 4) is 5.88 Å². The maximum absolute atomic E-state index is 6.00. The smallest absolute Gasteiger partial charge is 0.213 e. The van der Waals surface area contributed by atoms with E-state index in [1.807, 2.05) is 6.07 Å². The van der Waals surface area contributed by atoms with Crippen LogP contribution in [0.1, 0.15) is 12.8 Å². The van der Waals surface area contributed by atoms with E-state index >= 15 is 0 Å². The van der Waals surface area contributed by atoms with Crippen molar-refractivity contribution in [1.29, 1.82) is 0 Å². The summed E-state index contributed by atoms with van der Waals surface area (Å²) >= 11 is 7.50. The normalized spacial score (nSPS) is 18.3. The second-order valence-electron chi connectivity index (χ2n) is 5.48. The first kappa shape index (κ1) is 14.7. The molecular weight excluding hydrogens is 332 g/mol. The van der Waals surface area contributed by atoms with E-state index in [0.29, 0.717) is 10.9 Å². The number of hydrogen-bond acceptors (Lipinski definition) is 6. The van der Waals surface area contributed by atoms with Gasteiger partial charge in [-0.05, 0) is 30.4 Å². The van der Waals surface area contributed by atoms with Crippen LogP contribution in [0.2, 0.25) is 5.02 Å². The minimum absolute atomic E-state index is 0.0982. The fraction of sp³-hybridized carbons (Fsp3) is 0.312. The molecule has 3 aromatic rings. The van der Waals surface area contributed by atoms with Crippen LogP contribution in [-0.2, 0) is 0 Å². The first-order valence-corrected chi connectivity index (χ1v) is 8.77. The summed E-state index contributed by atoms with van der Waals surface area (Å²) in [5, 5.41) is 3.78. The molecule has 0 bridgehead atoms. The van der Waals surface area contributed by atoms with Crippen LogP contribution in [0.25, 0.3) is 10.2 Å². The van der Waals surface area contributed by atoms with E-state index in [9.17, 15) is 0 Å². The number of piperidine rings is 1. The van der Waals surface area contributed by atoms with Gasteiger partial charge in [0.1, 0.15) is 23.1 Å². The van der Waals surface area contributed by atoms with Gasteiger partial charge in [-0.25, -0.2) is 15.0 Å². The van der Waals surface area contributed by atoms with Crippen molar-refractivity contribution < 1.29 is 4.74 Å². The number of ether oxygens (including phenoxy) is 1. The van der Waals surface area contributed by atoms with Gasteiger partial charge in [0.15, 0.2) is 0 Å². The largest absolute Gasteiger partial charge is 0.472 e. The number of thiophene rings is 1. The molecule has 0 amide bonds. The highest BCUT2D eigenvalue weighted by molar-refractivity contribution is 7.16. The minimum Gasteiger partial charge on any atom is -0.472 e. The van der Waals surface area contributed by atoms with E-state index in [1.54, 1.807) is 29.9 Å². The summed E-state index contributed by atoms with van der Waals surface area (Å²) in [6.45, 7) is 1.78. The molecule has 1 saturated heterocycles. The van der Waals surface area contributed by atoms with Crippen LogP contribution in [-0.4, -0.2) is 34.1 Å². The average Bonchev–Trinajstić information content (AvgIpc) is 3.06. The van der Waals surface area contributed by atoms with Gasteiger partial charge in [-0.15, -0.1) is 11.3 Å². The lowest BCUT2D eigenvalue weighted by molar-refractivity contribution is 0.172. The van der Waals surface area contributed by atoms with Crippen molar-refractivity contribution >= 4 is 39.0 Å². The quantitative estimate of drug-likeness (QED) is 0.722. The predicted octanol–water partition coefficient (Wildman–Crippen LogP) is 3.79. The van der Waals surface area contributed by atoms with Crippen LogP contribution in [0.4, 0.5) is 5.82 Å². The van der Waals surface area contributed by atoms with Crippen LogP contribution in [0.5, 0.6) is 5.88 Å². The first-order valence-electron chi connectivity index (χ1n) is 7.51. The van der Waals surface area contributed by atoms with Gasteiger partial charge in [0.25, 0.3) is 0 Å². The zero-order valence-corrected chi connectivity index (χ0v) is 13.9. The zero-order chi connectivity index (χ0) is 15.6. The Morgan fingerprint density at radius 3 is 3.04 bits per heavy atom. The van der Waals surface area contributed by atoms with E-state index in [1.165, 1.54) is 0 Å². The maximum atomic E-state index is 6.00. The Balaban J connectivity index is 1.53. The molecule has 4 heterocycles. The molecule has 3 aromatic heterocycles. The third-order valence-electron chi connectivity index (χ3n) is 3.91. The molecular formula is C16H15ClN4OS. The average molecular weight is 347 g/mol. The van der Waals surface area contributed by atoms with E-state index in [-0.39, 0.29) is 6.10 Å². The molecule has 4 rings (SSSR count). The van der Waals surface area contributed by atoms with E-state index < -0.39 is 0 Å². The number of nitrogens with zero attached hydrogens (tertiary/aromatic N) is 4. The molecule has 0 saturated carbocycles. The fourth-order valence-electron chi connectivity index (χ4n) is 2.86. The number of fused-ring (bicyclic) bond motifs is 1. The first-order chi connectivity index (χ1) is 11.3.